The van der Waals surface area contributed by atoms with Crippen molar-refractivity contribution in [2.24, 2.45) is 0 Å². The van der Waals surface area contributed by atoms with E-state index in [0.29, 0.717) is 17.0 Å². The molecule has 0 amide bonds. The number of ketones is 1. The van der Waals surface area contributed by atoms with Crippen molar-refractivity contribution in [1.82, 2.24) is 15.3 Å². The molecule has 0 spiro atoms. The highest BCUT2D eigenvalue weighted by molar-refractivity contribution is 6.09. The summed E-state index contributed by atoms with van der Waals surface area (Å²) in [5.74, 6) is 0.847. The Morgan fingerprint density at radius 2 is 1.79 bits per heavy atom. The summed E-state index contributed by atoms with van der Waals surface area (Å²) >= 11 is 0. The molecule has 0 radical (unpaired) electrons. The van der Waals surface area contributed by atoms with E-state index in [9.17, 15) is 9.90 Å². The third-order valence-electron chi connectivity index (χ3n) is 6.20. The molecule has 6 nitrogen and oxygen atoms in total. The Bertz CT molecular complexity index is 1310. The first kappa shape index (κ1) is 21.8. The van der Waals surface area contributed by atoms with E-state index in [0.717, 1.165) is 36.6 Å². The molecule has 1 saturated heterocycles. The molecule has 0 saturated carbocycles. The summed E-state index contributed by atoms with van der Waals surface area (Å²) in [4.78, 5) is 24.9. The van der Waals surface area contributed by atoms with Gasteiger partial charge in [0, 0.05) is 48.7 Å². The molecule has 6 heteroatoms. The summed E-state index contributed by atoms with van der Waals surface area (Å²) in [6, 6.07) is 24.9. The van der Waals surface area contributed by atoms with E-state index in [4.69, 9.17) is 4.98 Å². The molecule has 34 heavy (non-hydrogen) atoms. The third kappa shape index (κ3) is 4.54. The van der Waals surface area contributed by atoms with Gasteiger partial charge in [-0.25, -0.2) is 4.98 Å². The van der Waals surface area contributed by atoms with Gasteiger partial charge >= 0.3 is 0 Å². The summed E-state index contributed by atoms with van der Waals surface area (Å²) < 4.78 is 0. The van der Waals surface area contributed by atoms with Crippen LogP contribution in [-0.2, 0) is 0 Å². The average molecular weight is 451 g/mol. The number of phenols is 1. The number of benzene rings is 2. The van der Waals surface area contributed by atoms with Gasteiger partial charge in [0.1, 0.15) is 17.3 Å². The molecule has 1 unspecified atom stereocenters. The number of carbonyl (C=O) groups is 1. The minimum atomic E-state index is -0.151. The van der Waals surface area contributed by atoms with Crippen LogP contribution < -0.4 is 10.2 Å². The Morgan fingerprint density at radius 3 is 2.59 bits per heavy atom. The molecule has 1 aliphatic rings. The number of anilines is 1. The number of aryl methyl sites for hydroxylation is 1. The zero-order valence-corrected chi connectivity index (χ0v) is 19.0. The number of piperazine rings is 1. The molecule has 1 aliphatic heterocycles. The van der Waals surface area contributed by atoms with Crippen LogP contribution in [0.4, 0.5) is 5.82 Å². The van der Waals surface area contributed by atoms with Crippen LogP contribution in [0.1, 0.15) is 33.4 Å². The number of hydrogen-bond acceptors (Lipinski definition) is 6. The third-order valence-corrected chi connectivity index (χ3v) is 6.20. The van der Waals surface area contributed by atoms with Crippen molar-refractivity contribution in [2.45, 2.75) is 13.0 Å². The van der Waals surface area contributed by atoms with Gasteiger partial charge in [0.05, 0.1) is 0 Å². The highest BCUT2D eigenvalue weighted by Crippen LogP contribution is 2.25. The topological polar surface area (TPSA) is 78.4 Å². The van der Waals surface area contributed by atoms with Gasteiger partial charge in [0.2, 0.25) is 5.78 Å². The van der Waals surface area contributed by atoms with Crippen LogP contribution >= 0.6 is 0 Å². The van der Waals surface area contributed by atoms with Gasteiger partial charge in [-0.15, -0.1) is 0 Å². The number of nitrogens with zero attached hydrogens (tertiary/aromatic N) is 3. The Labute approximate surface area is 198 Å². The largest absolute Gasteiger partial charge is 0.508 e. The number of nitrogens with one attached hydrogen (secondary N) is 1. The van der Waals surface area contributed by atoms with E-state index in [1.165, 1.54) is 5.56 Å². The average Bonchev–Trinajstić information content (AvgIpc) is 2.90. The molecule has 2 N–H and O–H groups in total. The van der Waals surface area contributed by atoms with Crippen LogP contribution in [0.15, 0.2) is 85.1 Å². The van der Waals surface area contributed by atoms with Crippen molar-refractivity contribution in [3.8, 4) is 16.9 Å². The van der Waals surface area contributed by atoms with Crippen molar-refractivity contribution in [1.29, 1.82) is 0 Å². The molecule has 1 atom stereocenters. The summed E-state index contributed by atoms with van der Waals surface area (Å²) in [5.41, 5.74) is 4.53. The van der Waals surface area contributed by atoms with Gasteiger partial charge in [0.25, 0.3) is 0 Å². The van der Waals surface area contributed by atoms with Crippen molar-refractivity contribution in [3.05, 3.63) is 108 Å². The van der Waals surface area contributed by atoms with Gasteiger partial charge in [-0.3, -0.25) is 9.78 Å². The smallest absolute Gasteiger partial charge is 0.213 e. The van der Waals surface area contributed by atoms with Gasteiger partial charge in [-0.05, 0) is 48.4 Å². The monoisotopic (exact) mass is 450 g/mol. The number of carbonyl (C=O) groups excluding carboxylic acids is 1. The van der Waals surface area contributed by atoms with Crippen LogP contribution in [0.2, 0.25) is 0 Å². The second-order valence-corrected chi connectivity index (χ2v) is 8.48. The van der Waals surface area contributed by atoms with Crippen LogP contribution in [0.25, 0.3) is 11.1 Å². The first-order valence-electron chi connectivity index (χ1n) is 11.4. The standard InChI is InChI=1S/C28H26N4O2/c1-19-24(16-22(17-30-19)20-10-12-23(33)13-11-20)28(34)25-8-5-9-27(31-25)32-15-14-29-26(18-32)21-6-3-2-4-7-21/h2-13,16-17,26,29,33H,14-15,18H2,1H3. The molecular weight excluding hydrogens is 424 g/mol. The lowest BCUT2D eigenvalue weighted by molar-refractivity contribution is 0.103. The van der Waals surface area contributed by atoms with Crippen LogP contribution in [0.5, 0.6) is 5.75 Å². The maximum Gasteiger partial charge on any atom is 0.213 e. The first-order valence-corrected chi connectivity index (χ1v) is 11.4. The molecule has 3 heterocycles. The van der Waals surface area contributed by atoms with E-state index in [1.807, 2.05) is 43.3 Å². The number of hydrogen-bond donors (Lipinski definition) is 2. The predicted molar refractivity (Wildman–Crippen MR) is 133 cm³/mol. The number of pyridine rings is 2. The first-order chi connectivity index (χ1) is 16.6. The van der Waals surface area contributed by atoms with E-state index in [2.05, 4.69) is 39.5 Å². The molecule has 0 aliphatic carbocycles. The number of phenolic OH excluding ortho intramolecular Hbond substituents is 1. The van der Waals surface area contributed by atoms with Gasteiger partial charge in [-0.1, -0.05) is 48.5 Å². The van der Waals surface area contributed by atoms with Crippen molar-refractivity contribution >= 4 is 11.6 Å². The quantitative estimate of drug-likeness (QED) is 0.435. The zero-order valence-electron chi connectivity index (χ0n) is 19.0. The van der Waals surface area contributed by atoms with Crippen LogP contribution in [-0.4, -0.2) is 40.5 Å². The van der Waals surface area contributed by atoms with Crippen LogP contribution in [0, 0.1) is 6.92 Å². The number of rotatable bonds is 5. The Kier molecular flexibility index (Phi) is 6.06. The van der Waals surface area contributed by atoms with Crippen LogP contribution in [0.3, 0.4) is 0 Å². The molecule has 1 fully saturated rings. The highest BCUT2D eigenvalue weighted by Gasteiger charge is 2.23. The number of aromatic nitrogens is 2. The minimum absolute atomic E-state index is 0.151. The lowest BCUT2D eigenvalue weighted by atomic mass is 10.0. The van der Waals surface area contributed by atoms with Crippen molar-refractivity contribution in [2.75, 3.05) is 24.5 Å². The van der Waals surface area contributed by atoms with Gasteiger partial charge in [0.15, 0.2) is 0 Å². The minimum Gasteiger partial charge on any atom is -0.508 e. The van der Waals surface area contributed by atoms with Gasteiger partial charge < -0.3 is 15.3 Å². The molecule has 2 aromatic carbocycles. The molecule has 0 bridgehead atoms. The second-order valence-electron chi connectivity index (χ2n) is 8.48. The maximum atomic E-state index is 13.5. The van der Waals surface area contributed by atoms with Gasteiger partial charge in [-0.2, -0.15) is 0 Å². The molecule has 5 rings (SSSR count). The maximum absolute atomic E-state index is 13.5. The normalized spacial score (nSPS) is 15.8. The highest BCUT2D eigenvalue weighted by atomic mass is 16.3. The van der Waals surface area contributed by atoms with Crippen molar-refractivity contribution < 1.29 is 9.90 Å². The molecule has 170 valence electrons. The summed E-state index contributed by atoms with van der Waals surface area (Å²) in [6.45, 7) is 4.28. The van der Waals surface area contributed by atoms with Crippen molar-refractivity contribution in [3.63, 3.8) is 0 Å². The molecule has 4 aromatic rings. The SMILES string of the molecule is Cc1ncc(-c2ccc(O)cc2)cc1C(=O)c1cccc(N2CCNC(c3ccccc3)C2)n1. The van der Waals surface area contributed by atoms with E-state index < -0.39 is 0 Å². The Balaban J connectivity index is 1.41. The fourth-order valence-electron chi connectivity index (χ4n) is 4.31. The fraction of sp³-hybridized carbons (Fsp3) is 0.179. The summed E-state index contributed by atoms with van der Waals surface area (Å²) in [5, 5.41) is 13.1. The summed E-state index contributed by atoms with van der Waals surface area (Å²) in [6.07, 6.45) is 1.74. The van der Waals surface area contributed by atoms with E-state index in [1.54, 1.807) is 24.4 Å². The summed E-state index contributed by atoms with van der Waals surface area (Å²) in [7, 11) is 0. The Hall–Kier alpha value is -4.03. The zero-order chi connectivity index (χ0) is 23.5. The lowest BCUT2D eigenvalue weighted by Crippen LogP contribution is -2.46. The fourth-order valence-corrected chi connectivity index (χ4v) is 4.31. The molecular formula is C28H26N4O2. The second kappa shape index (κ2) is 9.45. The molecule has 2 aromatic heterocycles. The van der Waals surface area contributed by atoms with E-state index in [-0.39, 0.29) is 17.6 Å². The van der Waals surface area contributed by atoms with E-state index >= 15 is 0 Å². The lowest BCUT2D eigenvalue weighted by Gasteiger charge is -2.35. The predicted octanol–water partition coefficient (Wildman–Crippen LogP) is 4.54. The number of aromatic hydroxyl groups is 1. The Morgan fingerprint density at radius 1 is 1.00 bits per heavy atom.